The summed E-state index contributed by atoms with van der Waals surface area (Å²) in [7, 11) is 0. The van der Waals surface area contributed by atoms with Crippen LogP contribution in [0.2, 0.25) is 5.22 Å². The Bertz CT molecular complexity index is 457. The quantitative estimate of drug-likeness (QED) is 0.899. The normalized spacial score (nSPS) is 28.1. The molecule has 4 nitrogen and oxygen atoms in total. The number of hydrogen-bond acceptors (Lipinski definition) is 3. The van der Waals surface area contributed by atoms with Crippen LogP contribution in [0.5, 0.6) is 0 Å². The van der Waals surface area contributed by atoms with Gasteiger partial charge in [-0.15, -0.1) is 0 Å². The van der Waals surface area contributed by atoms with Gasteiger partial charge >= 0.3 is 0 Å². The van der Waals surface area contributed by atoms with E-state index in [1.54, 1.807) is 17.0 Å². The van der Waals surface area contributed by atoms with E-state index in [1.165, 1.54) is 0 Å². The van der Waals surface area contributed by atoms with Gasteiger partial charge in [0.2, 0.25) is 0 Å². The van der Waals surface area contributed by atoms with Crippen molar-refractivity contribution in [1.82, 2.24) is 4.90 Å². The summed E-state index contributed by atoms with van der Waals surface area (Å²) in [6, 6.07) is 3.10. The van der Waals surface area contributed by atoms with Crippen molar-refractivity contribution in [2.45, 2.75) is 26.4 Å². The van der Waals surface area contributed by atoms with Gasteiger partial charge in [0.25, 0.3) is 5.91 Å². The number of carbonyl (C=O) groups excluding carboxylic acids is 1. The number of likely N-dealkylation sites (tertiary alicyclic amines) is 1. The summed E-state index contributed by atoms with van der Waals surface area (Å²) in [6.45, 7) is 6.76. The molecule has 2 heterocycles. The van der Waals surface area contributed by atoms with Crippen molar-refractivity contribution in [2.24, 2.45) is 11.8 Å². The minimum absolute atomic E-state index is 0.0480. The molecule has 100 valence electrons. The van der Waals surface area contributed by atoms with Gasteiger partial charge in [-0.3, -0.25) is 4.79 Å². The van der Waals surface area contributed by atoms with Crippen LogP contribution in [0.15, 0.2) is 16.5 Å². The van der Waals surface area contributed by atoms with Crippen LogP contribution in [-0.2, 0) is 0 Å². The first kappa shape index (κ1) is 13.4. The Balaban J connectivity index is 2.16. The van der Waals surface area contributed by atoms with Gasteiger partial charge in [0.05, 0.1) is 12.1 Å². The van der Waals surface area contributed by atoms with E-state index in [1.807, 2.05) is 20.8 Å². The van der Waals surface area contributed by atoms with Gasteiger partial charge in [-0.25, -0.2) is 0 Å². The molecule has 1 aliphatic heterocycles. The van der Waals surface area contributed by atoms with E-state index < -0.39 is 5.60 Å². The third-order valence-corrected chi connectivity index (χ3v) is 4.07. The van der Waals surface area contributed by atoms with Gasteiger partial charge in [0.15, 0.2) is 11.0 Å². The van der Waals surface area contributed by atoms with Gasteiger partial charge in [-0.2, -0.15) is 0 Å². The van der Waals surface area contributed by atoms with Crippen LogP contribution in [0, 0.1) is 11.8 Å². The first-order chi connectivity index (χ1) is 8.34. The van der Waals surface area contributed by atoms with Crippen molar-refractivity contribution in [3.8, 4) is 0 Å². The molecular formula is C13H18ClNO3. The predicted octanol–water partition coefficient (Wildman–Crippen LogP) is 2.41. The standard InChI is InChI=1S/C13H18ClNO3/c1-8(2)13(17)7-15(6-9(13)3)12(16)10-4-5-11(14)18-10/h4-5,8-9,17H,6-7H2,1-3H3/t9-,13-/m1/s1. The van der Waals surface area contributed by atoms with E-state index in [4.69, 9.17) is 16.0 Å². The van der Waals surface area contributed by atoms with E-state index in [9.17, 15) is 9.90 Å². The Hall–Kier alpha value is -1.00. The zero-order valence-electron chi connectivity index (χ0n) is 10.8. The van der Waals surface area contributed by atoms with Crippen LogP contribution in [0.25, 0.3) is 0 Å². The van der Waals surface area contributed by atoms with Gasteiger partial charge in [-0.05, 0) is 29.7 Å². The van der Waals surface area contributed by atoms with Gasteiger partial charge in [0, 0.05) is 12.5 Å². The number of furan rings is 1. The summed E-state index contributed by atoms with van der Waals surface area (Å²) < 4.78 is 5.11. The molecule has 1 saturated heterocycles. The SMILES string of the molecule is CC(C)[C@]1(O)CN(C(=O)c2ccc(Cl)o2)C[C@H]1C. The summed E-state index contributed by atoms with van der Waals surface area (Å²) in [6.07, 6.45) is 0. The number of hydrogen-bond donors (Lipinski definition) is 1. The van der Waals surface area contributed by atoms with Crippen LogP contribution >= 0.6 is 11.6 Å². The highest BCUT2D eigenvalue weighted by Gasteiger charge is 2.46. The molecule has 1 aromatic rings. The van der Waals surface area contributed by atoms with Crippen LogP contribution in [0.3, 0.4) is 0 Å². The van der Waals surface area contributed by atoms with Crippen molar-refractivity contribution in [3.05, 3.63) is 23.1 Å². The van der Waals surface area contributed by atoms with Crippen molar-refractivity contribution in [2.75, 3.05) is 13.1 Å². The van der Waals surface area contributed by atoms with Crippen molar-refractivity contribution >= 4 is 17.5 Å². The number of halogens is 1. The first-order valence-corrected chi connectivity index (χ1v) is 6.49. The maximum Gasteiger partial charge on any atom is 0.289 e. The molecule has 1 aromatic heterocycles. The molecule has 5 heteroatoms. The number of β-amino-alcohol motifs (C(OH)–C–C–N with tert-alkyl or cyclic N) is 1. The lowest BCUT2D eigenvalue weighted by Gasteiger charge is -2.30. The number of carbonyl (C=O) groups is 1. The fourth-order valence-corrected chi connectivity index (χ4v) is 2.65. The molecule has 0 saturated carbocycles. The van der Waals surface area contributed by atoms with Crippen molar-refractivity contribution in [1.29, 1.82) is 0 Å². The lowest BCUT2D eigenvalue weighted by Crippen LogP contribution is -2.43. The zero-order valence-corrected chi connectivity index (χ0v) is 11.6. The monoisotopic (exact) mass is 271 g/mol. The predicted molar refractivity (Wildman–Crippen MR) is 68.6 cm³/mol. The average molecular weight is 272 g/mol. The van der Waals surface area contributed by atoms with Crippen molar-refractivity contribution in [3.63, 3.8) is 0 Å². The molecule has 1 N–H and O–H groups in total. The van der Waals surface area contributed by atoms with E-state index in [2.05, 4.69) is 0 Å². The van der Waals surface area contributed by atoms with Gasteiger partial charge in [0.1, 0.15) is 0 Å². The molecule has 0 radical (unpaired) electrons. The van der Waals surface area contributed by atoms with E-state index in [0.29, 0.717) is 13.1 Å². The zero-order chi connectivity index (χ0) is 13.5. The molecule has 1 amide bonds. The topological polar surface area (TPSA) is 53.7 Å². The number of amides is 1. The first-order valence-electron chi connectivity index (χ1n) is 6.11. The second-order valence-electron chi connectivity index (χ2n) is 5.34. The molecule has 0 bridgehead atoms. The number of nitrogens with zero attached hydrogens (tertiary/aromatic N) is 1. The summed E-state index contributed by atoms with van der Waals surface area (Å²) >= 11 is 5.66. The van der Waals surface area contributed by atoms with E-state index >= 15 is 0 Å². The van der Waals surface area contributed by atoms with Crippen LogP contribution in [0.1, 0.15) is 31.3 Å². The summed E-state index contributed by atoms with van der Waals surface area (Å²) in [5.74, 6) is 0.155. The van der Waals surface area contributed by atoms with Gasteiger partial charge < -0.3 is 14.4 Å². The van der Waals surface area contributed by atoms with Crippen LogP contribution < -0.4 is 0 Å². The Kier molecular flexibility index (Phi) is 3.43. The third-order valence-electron chi connectivity index (χ3n) is 3.86. The molecule has 0 aromatic carbocycles. The summed E-state index contributed by atoms with van der Waals surface area (Å²) in [5, 5.41) is 10.8. The largest absolute Gasteiger partial charge is 0.440 e. The minimum atomic E-state index is -0.827. The molecule has 18 heavy (non-hydrogen) atoms. The molecule has 1 fully saturated rings. The van der Waals surface area contributed by atoms with Crippen LogP contribution in [-0.4, -0.2) is 34.6 Å². The molecule has 2 atom stereocenters. The Morgan fingerprint density at radius 2 is 2.28 bits per heavy atom. The smallest absolute Gasteiger partial charge is 0.289 e. The maximum absolute atomic E-state index is 12.2. The summed E-state index contributed by atoms with van der Waals surface area (Å²) in [5.41, 5.74) is -0.827. The average Bonchev–Trinajstić information content (AvgIpc) is 2.84. The van der Waals surface area contributed by atoms with E-state index in [0.717, 1.165) is 0 Å². The number of rotatable bonds is 2. The molecule has 2 rings (SSSR count). The molecular weight excluding hydrogens is 254 g/mol. The second kappa shape index (κ2) is 4.59. The highest BCUT2D eigenvalue weighted by Crippen LogP contribution is 2.34. The lowest BCUT2D eigenvalue weighted by atomic mass is 9.82. The molecule has 0 spiro atoms. The fraction of sp³-hybridized carbons (Fsp3) is 0.615. The Morgan fingerprint density at radius 1 is 1.61 bits per heavy atom. The molecule has 0 unspecified atom stereocenters. The second-order valence-corrected chi connectivity index (χ2v) is 5.71. The van der Waals surface area contributed by atoms with Crippen LogP contribution in [0.4, 0.5) is 0 Å². The Labute approximate surface area is 112 Å². The van der Waals surface area contributed by atoms with E-state index in [-0.39, 0.29) is 28.7 Å². The molecule has 1 aliphatic rings. The third kappa shape index (κ3) is 2.15. The minimum Gasteiger partial charge on any atom is -0.440 e. The lowest BCUT2D eigenvalue weighted by molar-refractivity contribution is -0.0245. The van der Waals surface area contributed by atoms with Gasteiger partial charge in [-0.1, -0.05) is 20.8 Å². The fourth-order valence-electron chi connectivity index (χ4n) is 2.51. The maximum atomic E-state index is 12.2. The number of aliphatic hydroxyl groups is 1. The summed E-state index contributed by atoms with van der Waals surface area (Å²) in [4.78, 5) is 13.8. The highest BCUT2D eigenvalue weighted by molar-refractivity contribution is 6.29. The Morgan fingerprint density at radius 3 is 2.72 bits per heavy atom. The highest BCUT2D eigenvalue weighted by atomic mass is 35.5. The molecule has 0 aliphatic carbocycles. The van der Waals surface area contributed by atoms with Crippen molar-refractivity contribution < 1.29 is 14.3 Å².